The first kappa shape index (κ1) is 12.3. The monoisotopic (exact) mass is 214 g/mol. The van der Waals surface area contributed by atoms with Crippen LogP contribution in [0.4, 0.5) is 0 Å². The van der Waals surface area contributed by atoms with Crippen molar-refractivity contribution in [2.45, 2.75) is 12.5 Å². The number of hydrogen-bond acceptors (Lipinski definition) is 5. The Balaban J connectivity index is 3.41. The molecular weight excluding hydrogens is 199 g/mol. The minimum absolute atomic E-state index is 0.0764. The fourth-order valence-corrected chi connectivity index (χ4v) is 1.78. The molecule has 0 heterocycles. The third-order valence-corrected chi connectivity index (χ3v) is 2.89. The van der Waals surface area contributed by atoms with E-state index < -0.39 is 16.2 Å². The van der Waals surface area contributed by atoms with Gasteiger partial charge in [-0.3, -0.25) is 4.57 Å². The summed E-state index contributed by atoms with van der Waals surface area (Å²) in [4.78, 5) is 25.7. The van der Waals surface area contributed by atoms with Crippen molar-refractivity contribution in [3.63, 3.8) is 0 Å². The standard InChI is InChI=1S/C5H15O5PSi/c1-11(2,6)10-4-3-5-12(7,8)9/h7-9H,3-5H2,1-2H3. The smallest absolute Gasteiger partial charge is 0.390 e. The van der Waals surface area contributed by atoms with Gasteiger partial charge in [-0.25, -0.2) is 0 Å². The summed E-state index contributed by atoms with van der Waals surface area (Å²) in [5.41, 5.74) is 0. The molecular formula is C5H15O5PSi. The van der Waals surface area contributed by atoms with Gasteiger partial charge >= 0.3 is 8.80 Å². The van der Waals surface area contributed by atoms with Crippen molar-refractivity contribution in [2.75, 3.05) is 19.9 Å². The molecule has 0 saturated heterocycles. The van der Waals surface area contributed by atoms with Crippen molar-refractivity contribution in [1.29, 1.82) is 0 Å². The Hall–Kier alpha value is 0.287. The van der Waals surface area contributed by atoms with E-state index in [0.717, 1.165) is 0 Å². The molecule has 3 N–H and O–H groups in total. The predicted octanol–water partition coefficient (Wildman–Crippen LogP) is -0.153. The van der Waals surface area contributed by atoms with Crippen LogP contribution in [0.3, 0.4) is 0 Å². The summed E-state index contributed by atoms with van der Waals surface area (Å²) >= 11 is 0. The van der Waals surface area contributed by atoms with Gasteiger partial charge in [0.2, 0.25) is 0 Å². The van der Waals surface area contributed by atoms with Gasteiger partial charge in [-0.1, -0.05) is 0 Å². The summed E-state index contributed by atoms with van der Waals surface area (Å²) in [6.07, 6.45) is 0.307. The SMILES string of the molecule is CP(C)(=O)OCCC[Si](O)(O)O. The Morgan fingerprint density at radius 3 is 2.17 bits per heavy atom. The van der Waals surface area contributed by atoms with Crippen LogP contribution in [0.5, 0.6) is 0 Å². The van der Waals surface area contributed by atoms with Gasteiger partial charge < -0.3 is 18.9 Å². The summed E-state index contributed by atoms with van der Waals surface area (Å²) in [7, 11) is -6.40. The summed E-state index contributed by atoms with van der Waals surface area (Å²) in [6.45, 7) is 3.14. The van der Waals surface area contributed by atoms with E-state index >= 15 is 0 Å². The minimum atomic E-state index is -3.92. The lowest BCUT2D eigenvalue weighted by atomic mass is 10.5. The minimum Gasteiger partial charge on any atom is -0.390 e. The molecule has 0 unspecified atom stereocenters. The van der Waals surface area contributed by atoms with Crippen LogP contribution in [0.15, 0.2) is 0 Å². The molecule has 0 radical (unpaired) electrons. The second-order valence-electron chi connectivity index (χ2n) is 2.96. The molecule has 12 heavy (non-hydrogen) atoms. The van der Waals surface area contributed by atoms with Crippen molar-refractivity contribution in [3.8, 4) is 0 Å². The van der Waals surface area contributed by atoms with Gasteiger partial charge in [0.05, 0.1) is 6.61 Å². The molecule has 0 aromatic carbocycles. The topological polar surface area (TPSA) is 87.0 Å². The maximum Gasteiger partial charge on any atom is 0.492 e. The predicted molar refractivity (Wildman–Crippen MR) is 47.2 cm³/mol. The molecule has 0 aliphatic heterocycles. The Labute approximate surface area is 72.8 Å². The molecule has 0 bridgehead atoms. The highest BCUT2D eigenvalue weighted by atomic mass is 31.2. The van der Waals surface area contributed by atoms with Crippen LogP contribution in [-0.2, 0) is 9.09 Å². The largest absolute Gasteiger partial charge is 0.492 e. The maximum atomic E-state index is 10.9. The maximum absolute atomic E-state index is 10.9. The van der Waals surface area contributed by atoms with Crippen LogP contribution in [0, 0.1) is 0 Å². The highest BCUT2D eigenvalue weighted by Gasteiger charge is 2.25. The average molecular weight is 214 g/mol. The Kier molecular flexibility index (Phi) is 4.61. The summed E-state index contributed by atoms with van der Waals surface area (Å²) in [5.74, 6) is 0. The highest BCUT2D eigenvalue weighted by molar-refractivity contribution is 7.57. The molecule has 0 fully saturated rings. The zero-order chi connectivity index (χ0) is 9.83. The summed E-state index contributed by atoms with van der Waals surface area (Å²) in [5, 5.41) is 0. The first-order valence-corrected chi connectivity index (χ1v) is 8.14. The third-order valence-electron chi connectivity index (χ3n) is 1.06. The fourth-order valence-electron chi connectivity index (χ4n) is 0.594. The van der Waals surface area contributed by atoms with E-state index in [2.05, 4.69) is 0 Å². The number of hydrogen-bond donors (Lipinski definition) is 3. The molecule has 0 aromatic rings. The van der Waals surface area contributed by atoms with E-state index in [4.69, 9.17) is 18.9 Å². The van der Waals surface area contributed by atoms with Gasteiger partial charge in [0.1, 0.15) is 0 Å². The number of rotatable bonds is 5. The molecule has 0 atom stereocenters. The Morgan fingerprint density at radius 1 is 1.33 bits per heavy atom. The van der Waals surface area contributed by atoms with Crippen LogP contribution < -0.4 is 0 Å². The Bertz CT molecular complexity index is 171. The molecule has 5 nitrogen and oxygen atoms in total. The van der Waals surface area contributed by atoms with E-state index in [1.54, 1.807) is 0 Å². The van der Waals surface area contributed by atoms with E-state index in [-0.39, 0.29) is 12.7 Å². The van der Waals surface area contributed by atoms with Crippen molar-refractivity contribution in [1.82, 2.24) is 0 Å². The molecule has 0 saturated carbocycles. The van der Waals surface area contributed by atoms with Gasteiger partial charge in [-0.2, -0.15) is 0 Å². The highest BCUT2D eigenvalue weighted by Crippen LogP contribution is 2.37. The van der Waals surface area contributed by atoms with Gasteiger partial charge in [-0.15, -0.1) is 0 Å². The van der Waals surface area contributed by atoms with Crippen LogP contribution in [0.2, 0.25) is 6.04 Å². The average Bonchev–Trinajstić information content (AvgIpc) is 1.76. The second kappa shape index (κ2) is 4.50. The zero-order valence-electron chi connectivity index (χ0n) is 7.23. The normalized spacial score (nSPS) is 13.4. The van der Waals surface area contributed by atoms with E-state index in [0.29, 0.717) is 6.42 Å². The molecule has 0 aliphatic carbocycles. The van der Waals surface area contributed by atoms with Crippen LogP contribution in [-0.4, -0.2) is 43.1 Å². The molecule has 0 rings (SSSR count). The van der Waals surface area contributed by atoms with Crippen molar-refractivity contribution in [3.05, 3.63) is 0 Å². The molecule has 0 aromatic heterocycles. The van der Waals surface area contributed by atoms with Crippen LogP contribution in [0.25, 0.3) is 0 Å². The van der Waals surface area contributed by atoms with Crippen LogP contribution >= 0.6 is 7.37 Å². The lowest BCUT2D eigenvalue weighted by Gasteiger charge is -2.10. The first-order chi connectivity index (χ1) is 5.21. The summed E-state index contributed by atoms with van der Waals surface area (Å²) < 4.78 is 15.8. The van der Waals surface area contributed by atoms with Crippen molar-refractivity contribution in [2.24, 2.45) is 0 Å². The third kappa shape index (κ3) is 10.3. The molecule has 0 spiro atoms. The fraction of sp³-hybridized carbons (Fsp3) is 1.00. The Morgan fingerprint density at radius 2 is 1.83 bits per heavy atom. The quantitative estimate of drug-likeness (QED) is 0.336. The van der Waals surface area contributed by atoms with Gasteiger partial charge in [-0.05, 0) is 6.42 Å². The molecule has 0 aliphatic rings. The first-order valence-electron chi connectivity index (χ1n) is 3.57. The van der Waals surface area contributed by atoms with E-state index in [1.807, 2.05) is 0 Å². The lowest BCUT2D eigenvalue weighted by Crippen LogP contribution is -2.34. The van der Waals surface area contributed by atoms with Gasteiger partial charge in [0, 0.05) is 19.4 Å². The van der Waals surface area contributed by atoms with Gasteiger partial charge in [0.15, 0.2) is 7.37 Å². The molecule has 74 valence electrons. The molecule has 0 amide bonds. The lowest BCUT2D eigenvalue weighted by molar-refractivity contribution is 0.219. The van der Waals surface area contributed by atoms with E-state index in [9.17, 15) is 4.57 Å². The van der Waals surface area contributed by atoms with Gasteiger partial charge in [0.25, 0.3) is 0 Å². The van der Waals surface area contributed by atoms with E-state index in [1.165, 1.54) is 13.3 Å². The summed E-state index contributed by atoms with van der Waals surface area (Å²) in [6, 6.07) is -0.0764. The van der Waals surface area contributed by atoms with Crippen LogP contribution in [0.1, 0.15) is 6.42 Å². The molecule has 7 heteroatoms. The zero-order valence-corrected chi connectivity index (χ0v) is 9.12. The van der Waals surface area contributed by atoms with Crippen molar-refractivity contribution >= 4 is 16.2 Å². The van der Waals surface area contributed by atoms with Crippen molar-refractivity contribution < 1.29 is 23.5 Å². The second-order valence-corrected chi connectivity index (χ2v) is 7.77.